The lowest BCUT2D eigenvalue weighted by atomic mass is 10.2. The van der Waals surface area contributed by atoms with E-state index in [0.29, 0.717) is 5.02 Å². The van der Waals surface area contributed by atoms with Crippen LogP contribution in [-0.2, 0) is 16.2 Å². The first-order chi connectivity index (χ1) is 9.68. The van der Waals surface area contributed by atoms with E-state index in [4.69, 9.17) is 11.6 Å². The van der Waals surface area contributed by atoms with Crippen LogP contribution in [0.1, 0.15) is 5.56 Å². The third kappa shape index (κ3) is 3.89. The zero-order chi connectivity index (χ0) is 15.7. The van der Waals surface area contributed by atoms with E-state index in [2.05, 4.69) is 4.72 Å². The van der Waals surface area contributed by atoms with E-state index in [1.165, 1.54) is 24.3 Å². The predicted octanol–water partition coefficient (Wildman–Crippen LogP) is 4.16. The number of anilines is 1. The minimum absolute atomic E-state index is 0.0354. The van der Waals surface area contributed by atoms with Crippen LogP contribution in [0.2, 0.25) is 5.02 Å². The quantitative estimate of drug-likeness (QED) is 0.915. The van der Waals surface area contributed by atoms with Crippen LogP contribution in [-0.4, -0.2) is 8.42 Å². The second-order valence-corrected chi connectivity index (χ2v) is 6.25. The number of nitrogens with one attached hydrogen (secondary N) is 1. The molecular formula is C13H9ClF3NO2S. The average molecular weight is 336 g/mol. The van der Waals surface area contributed by atoms with Gasteiger partial charge in [-0.1, -0.05) is 11.6 Å². The maximum atomic E-state index is 12.4. The van der Waals surface area contributed by atoms with Gasteiger partial charge in [-0.25, -0.2) is 8.42 Å². The summed E-state index contributed by atoms with van der Waals surface area (Å²) in [6.45, 7) is 0. The van der Waals surface area contributed by atoms with Gasteiger partial charge in [0.1, 0.15) is 0 Å². The Morgan fingerprint density at radius 1 is 0.905 bits per heavy atom. The Bertz CT molecular complexity index is 726. The van der Waals surface area contributed by atoms with Gasteiger partial charge in [0.2, 0.25) is 0 Å². The lowest BCUT2D eigenvalue weighted by Gasteiger charge is -2.10. The molecule has 0 fully saturated rings. The Kier molecular flexibility index (Phi) is 4.15. The average Bonchev–Trinajstić information content (AvgIpc) is 2.38. The second kappa shape index (κ2) is 5.57. The Balaban J connectivity index is 2.23. The maximum Gasteiger partial charge on any atom is 0.416 e. The summed E-state index contributed by atoms with van der Waals surface area (Å²) < 4.78 is 63.5. The molecule has 0 aliphatic rings. The van der Waals surface area contributed by atoms with Gasteiger partial charge in [-0.3, -0.25) is 4.72 Å². The van der Waals surface area contributed by atoms with Gasteiger partial charge in [0.15, 0.2) is 0 Å². The van der Waals surface area contributed by atoms with Gasteiger partial charge < -0.3 is 0 Å². The number of alkyl halides is 3. The summed E-state index contributed by atoms with van der Waals surface area (Å²) in [5.74, 6) is 0. The molecule has 21 heavy (non-hydrogen) atoms. The summed E-state index contributed by atoms with van der Waals surface area (Å²) in [7, 11) is -3.87. The van der Waals surface area contributed by atoms with Crippen LogP contribution in [0.25, 0.3) is 0 Å². The van der Waals surface area contributed by atoms with E-state index >= 15 is 0 Å². The minimum atomic E-state index is -4.46. The molecule has 0 aliphatic heterocycles. The van der Waals surface area contributed by atoms with Crippen LogP contribution >= 0.6 is 11.6 Å². The highest BCUT2D eigenvalue weighted by atomic mass is 35.5. The molecule has 0 unspecified atom stereocenters. The molecule has 0 amide bonds. The highest BCUT2D eigenvalue weighted by Crippen LogP contribution is 2.30. The van der Waals surface area contributed by atoms with Crippen LogP contribution in [0.3, 0.4) is 0 Å². The molecule has 0 atom stereocenters. The number of halogens is 4. The topological polar surface area (TPSA) is 46.2 Å². The Labute approximate surface area is 124 Å². The summed E-state index contributed by atoms with van der Waals surface area (Å²) in [5, 5.41) is 0.378. The van der Waals surface area contributed by atoms with E-state index in [-0.39, 0.29) is 10.6 Å². The second-order valence-electron chi connectivity index (χ2n) is 4.13. The normalized spacial score (nSPS) is 12.2. The number of hydrogen-bond acceptors (Lipinski definition) is 2. The summed E-state index contributed by atoms with van der Waals surface area (Å²) in [4.78, 5) is -0.0354. The zero-order valence-corrected chi connectivity index (χ0v) is 11.9. The highest BCUT2D eigenvalue weighted by Gasteiger charge is 2.30. The highest BCUT2D eigenvalue weighted by molar-refractivity contribution is 7.92. The fourth-order valence-corrected chi connectivity index (χ4v) is 2.74. The fraction of sp³-hybridized carbons (Fsp3) is 0.0769. The van der Waals surface area contributed by atoms with Gasteiger partial charge in [0, 0.05) is 10.7 Å². The number of benzene rings is 2. The summed E-state index contributed by atoms with van der Waals surface area (Å²) in [5.41, 5.74) is -0.810. The van der Waals surface area contributed by atoms with Crippen molar-refractivity contribution in [3.63, 3.8) is 0 Å². The number of hydrogen-bond donors (Lipinski definition) is 1. The molecule has 2 rings (SSSR count). The Hall–Kier alpha value is -1.73. The summed E-state index contributed by atoms with van der Waals surface area (Å²) in [6, 6.07) is 9.13. The summed E-state index contributed by atoms with van der Waals surface area (Å²) >= 11 is 5.66. The first kappa shape index (κ1) is 15.7. The van der Waals surface area contributed by atoms with Crippen molar-refractivity contribution in [1.29, 1.82) is 0 Å². The molecule has 0 heterocycles. The summed E-state index contributed by atoms with van der Waals surface area (Å²) in [6.07, 6.45) is -4.46. The van der Waals surface area contributed by atoms with Crippen molar-refractivity contribution < 1.29 is 21.6 Å². The van der Waals surface area contributed by atoms with Gasteiger partial charge in [0.05, 0.1) is 10.5 Å². The molecular weight excluding hydrogens is 327 g/mol. The standard InChI is InChI=1S/C13H9ClF3NO2S/c14-10-3-7-12(8-4-10)21(19,20)18-11-5-1-9(2-6-11)13(15,16)17/h1-8,18H. The molecule has 0 aromatic heterocycles. The lowest BCUT2D eigenvalue weighted by molar-refractivity contribution is -0.137. The van der Waals surface area contributed by atoms with E-state index in [1.54, 1.807) is 0 Å². The van der Waals surface area contributed by atoms with Crippen molar-refractivity contribution in [1.82, 2.24) is 0 Å². The van der Waals surface area contributed by atoms with Gasteiger partial charge in [-0.05, 0) is 48.5 Å². The van der Waals surface area contributed by atoms with Crippen LogP contribution in [0.4, 0.5) is 18.9 Å². The molecule has 0 aliphatic carbocycles. The maximum absolute atomic E-state index is 12.4. The molecule has 1 N–H and O–H groups in total. The largest absolute Gasteiger partial charge is 0.416 e. The zero-order valence-electron chi connectivity index (χ0n) is 10.4. The molecule has 2 aromatic rings. The van der Waals surface area contributed by atoms with Crippen LogP contribution < -0.4 is 4.72 Å². The predicted molar refractivity (Wildman–Crippen MR) is 73.7 cm³/mol. The van der Waals surface area contributed by atoms with Crippen molar-refractivity contribution in [3.05, 3.63) is 59.1 Å². The van der Waals surface area contributed by atoms with Crippen LogP contribution in [0, 0.1) is 0 Å². The van der Waals surface area contributed by atoms with Crippen molar-refractivity contribution in [2.24, 2.45) is 0 Å². The molecule has 2 aromatic carbocycles. The third-order valence-electron chi connectivity index (χ3n) is 2.59. The van der Waals surface area contributed by atoms with Gasteiger partial charge in [0.25, 0.3) is 10.0 Å². The van der Waals surface area contributed by atoms with Crippen LogP contribution in [0.5, 0.6) is 0 Å². The molecule has 0 saturated heterocycles. The van der Waals surface area contributed by atoms with E-state index < -0.39 is 21.8 Å². The molecule has 0 radical (unpaired) electrons. The molecule has 0 saturated carbocycles. The van der Waals surface area contributed by atoms with Gasteiger partial charge >= 0.3 is 6.18 Å². The lowest BCUT2D eigenvalue weighted by Crippen LogP contribution is -2.13. The van der Waals surface area contributed by atoms with Crippen molar-refractivity contribution in [3.8, 4) is 0 Å². The monoisotopic (exact) mass is 335 g/mol. The Morgan fingerprint density at radius 3 is 1.90 bits per heavy atom. The first-order valence-corrected chi connectivity index (χ1v) is 7.50. The number of rotatable bonds is 3. The molecule has 112 valence electrons. The first-order valence-electron chi connectivity index (χ1n) is 5.64. The molecule has 0 spiro atoms. The minimum Gasteiger partial charge on any atom is -0.280 e. The Morgan fingerprint density at radius 2 is 1.43 bits per heavy atom. The fourth-order valence-electron chi connectivity index (χ4n) is 1.56. The SMILES string of the molecule is O=S(=O)(Nc1ccc(C(F)(F)F)cc1)c1ccc(Cl)cc1. The van der Waals surface area contributed by atoms with E-state index in [1.807, 2.05) is 0 Å². The van der Waals surface area contributed by atoms with Gasteiger partial charge in [-0.15, -0.1) is 0 Å². The number of sulfonamides is 1. The smallest absolute Gasteiger partial charge is 0.280 e. The van der Waals surface area contributed by atoms with E-state index in [0.717, 1.165) is 24.3 Å². The molecule has 3 nitrogen and oxygen atoms in total. The van der Waals surface area contributed by atoms with Gasteiger partial charge in [-0.2, -0.15) is 13.2 Å². The van der Waals surface area contributed by atoms with Crippen molar-refractivity contribution in [2.75, 3.05) is 4.72 Å². The molecule has 8 heteroatoms. The third-order valence-corrected chi connectivity index (χ3v) is 4.24. The molecule has 0 bridgehead atoms. The van der Waals surface area contributed by atoms with Crippen molar-refractivity contribution in [2.45, 2.75) is 11.1 Å². The van der Waals surface area contributed by atoms with Crippen molar-refractivity contribution >= 4 is 27.3 Å². The van der Waals surface area contributed by atoms with E-state index in [9.17, 15) is 21.6 Å². The van der Waals surface area contributed by atoms with Crippen LogP contribution in [0.15, 0.2) is 53.4 Å².